The van der Waals surface area contributed by atoms with Gasteiger partial charge in [-0.05, 0) is 51.9 Å². The van der Waals surface area contributed by atoms with Crippen molar-refractivity contribution in [1.82, 2.24) is 20.2 Å². The Morgan fingerprint density at radius 2 is 2.22 bits per heavy atom. The van der Waals surface area contributed by atoms with E-state index >= 15 is 0 Å². The number of nitrogens with one attached hydrogen (secondary N) is 1. The van der Waals surface area contributed by atoms with Gasteiger partial charge in [-0.3, -0.25) is 4.79 Å². The maximum atomic E-state index is 12.3. The number of hydrogen-bond acceptors (Lipinski definition) is 5. The van der Waals surface area contributed by atoms with Crippen molar-refractivity contribution in [2.75, 3.05) is 33.4 Å². The normalized spacial score (nSPS) is 23.6. The summed E-state index contributed by atoms with van der Waals surface area (Å²) < 4.78 is 5.51. The minimum atomic E-state index is 0.138. The average molecular weight is 318 g/mol. The van der Waals surface area contributed by atoms with Crippen molar-refractivity contribution in [3.8, 4) is 0 Å². The summed E-state index contributed by atoms with van der Waals surface area (Å²) in [5.74, 6) is 1.42. The lowest BCUT2D eigenvalue weighted by molar-refractivity contribution is -0.126. The third kappa shape index (κ3) is 4.48. The summed E-state index contributed by atoms with van der Waals surface area (Å²) in [5, 5.41) is 3.03. The van der Waals surface area contributed by atoms with Gasteiger partial charge in [-0.1, -0.05) is 0 Å². The lowest BCUT2D eigenvalue weighted by Crippen LogP contribution is -2.38. The molecule has 2 aliphatic heterocycles. The van der Waals surface area contributed by atoms with E-state index in [1.54, 1.807) is 6.20 Å². The van der Waals surface area contributed by atoms with Gasteiger partial charge < -0.3 is 15.0 Å². The molecule has 6 heteroatoms. The molecule has 2 saturated heterocycles. The number of carbonyl (C=O) groups excluding carboxylic acids is 1. The molecule has 0 radical (unpaired) electrons. The summed E-state index contributed by atoms with van der Waals surface area (Å²) in [7, 11) is 2.10. The molecular weight excluding hydrogens is 292 g/mol. The Bertz CT molecular complexity index is 523. The molecule has 0 spiro atoms. The highest BCUT2D eigenvalue weighted by Gasteiger charge is 2.23. The molecule has 1 aromatic heterocycles. The Hall–Kier alpha value is -1.53. The number of likely N-dealkylation sites (tertiary alicyclic amines) is 1. The second kappa shape index (κ2) is 7.84. The zero-order valence-corrected chi connectivity index (χ0v) is 13.8. The topological polar surface area (TPSA) is 67.4 Å². The van der Waals surface area contributed by atoms with Crippen molar-refractivity contribution in [1.29, 1.82) is 0 Å². The molecule has 0 aliphatic carbocycles. The Kier molecular flexibility index (Phi) is 5.56. The van der Waals surface area contributed by atoms with E-state index in [9.17, 15) is 4.79 Å². The van der Waals surface area contributed by atoms with Gasteiger partial charge in [-0.2, -0.15) is 0 Å². The summed E-state index contributed by atoms with van der Waals surface area (Å²) in [6, 6.07) is 1.88. The van der Waals surface area contributed by atoms with Crippen molar-refractivity contribution in [3.63, 3.8) is 0 Å². The van der Waals surface area contributed by atoms with Gasteiger partial charge in [0.1, 0.15) is 5.82 Å². The Labute approximate surface area is 137 Å². The van der Waals surface area contributed by atoms with Gasteiger partial charge in [0.05, 0.1) is 18.8 Å². The van der Waals surface area contributed by atoms with E-state index in [-0.39, 0.29) is 17.7 Å². The first-order valence-corrected chi connectivity index (χ1v) is 8.58. The molecule has 0 saturated carbocycles. The van der Waals surface area contributed by atoms with Gasteiger partial charge in [0.15, 0.2) is 0 Å². The summed E-state index contributed by atoms with van der Waals surface area (Å²) in [6.45, 7) is 4.01. The van der Waals surface area contributed by atoms with Gasteiger partial charge in [-0.25, -0.2) is 9.97 Å². The third-order valence-corrected chi connectivity index (χ3v) is 4.79. The second-order valence-electron chi connectivity index (χ2n) is 6.62. The van der Waals surface area contributed by atoms with Crippen LogP contribution in [0, 0.1) is 5.92 Å². The predicted molar refractivity (Wildman–Crippen MR) is 86.9 cm³/mol. The summed E-state index contributed by atoms with van der Waals surface area (Å²) in [4.78, 5) is 23.5. The quantitative estimate of drug-likeness (QED) is 0.907. The number of piperidine rings is 1. The Balaban J connectivity index is 1.52. The van der Waals surface area contributed by atoms with Crippen LogP contribution in [-0.2, 0) is 16.1 Å². The van der Waals surface area contributed by atoms with Gasteiger partial charge in [-0.15, -0.1) is 0 Å². The van der Waals surface area contributed by atoms with Crippen molar-refractivity contribution < 1.29 is 9.53 Å². The monoisotopic (exact) mass is 318 g/mol. The zero-order chi connectivity index (χ0) is 16.1. The molecule has 2 fully saturated rings. The van der Waals surface area contributed by atoms with Crippen LogP contribution in [0.4, 0.5) is 0 Å². The second-order valence-corrected chi connectivity index (χ2v) is 6.62. The van der Waals surface area contributed by atoms with Crippen LogP contribution in [0.2, 0.25) is 0 Å². The van der Waals surface area contributed by atoms with Crippen LogP contribution in [-0.4, -0.2) is 54.1 Å². The minimum Gasteiger partial charge on any atom is -0.381 e. The van der Waals surface area contributed by atoms with Crippen LogP contribution in [0.5, 0.6) is 0 Å². The number of rotatable bonds is 4. The highest BCUT2D eigenvalue weighted by atomic mass is 16.5. The molecule has 6 nitrogen and oxygen atoms in total. The molecule has 0 bridgehead atoms. The van der Waals surface area contributed by atoms with Crippen LogP contribution in [0.15, 0.2) is 12.3 Å². The summed E-state index contributed by atoms with van der Waals surface area (Å²) >= 11 is 0. The van der Waals surface area contributed by atoms with E-state index < -0.39 is 0 Å². The Morgan fingerprint density at radius 3 is 2.96 bits per heavy atom. The SMILES string of the molecule is CN1CCC(C(=O)NCc2ccnc(C3CCCOC3)n2)CC1. The first-order valence-electron chi connectivity index (χ1n) is 8.58. The maximum absolute atomic E-state index is 12.3. The molecule has 0 aromatic carbocycles. The standard InChI is InChI=1S/C17H26N4O2/c1-21-8-5-13(6-9-21)17(22)19-11-15-4-7-18-16(20-15)14-3-2-10-23-12-14/h4,7,13-14H,2-3,5-6,8-12H2,1H3,(H,19,22). The molecule has 23 heavy (non-hydrogen) atoms. The number of hydrogen-bond donors (Lipinski definition) is 1. The van der Waals surface area contributed by atoms with Crippen LogP contribution >= 0.6 is 0 Å². The number of carbonyl (C=O) groups is 1. The zero-order valence-electron chi connectivity index (χ0n) is 13.8. The number of aromatic nitrogens is 2. The number of amides is 1. The fourth-order valence-corrected chi connectivity index (χ4v) is 3.25. The van der Waals surface area contributed by atoms with Crippen LogP contribution in [0.25, 0.3) is 0 Å². The maximum Gasteiger partial charge on any atom is 0.223 e. The molecule has 126 valence electrons. The third-order valence-electron chi connectivity index (χ3n) is 4.79. The highest BCUT2D eigenvalue weighted by Crippen LogP contribution is 2.22. The van der Waals surface area contributed by atoms with E-state index in [1.807, 2.05) is 6.07 Å². The van der Waals surface area contributed by atoms with Gasteiger partial charge >= 0.3 is 0 Å². The Morgan fingerprint density at radius 1 is 1.39 bits per heavy atom. The van der Waals surface area contributed by atoms with Crippen molar-refractivity contribution >= 4 is 5.91 Å². The average Bonchev–Trinajstić information content (AvgIpc) is 2.61. The van der Waals surface area contributed by atoms with E-state index in [2.05, 4.69) is 27.2 Å². The van der Waals surface area contributed by atoms with E-state index in [4.69, 9.17) is 4.74 Å². The molecule has 2 aliphatic rings. The van der Waals surface area contributed by atoms with E-state index in [0.717, 1.165) is 56.9 Å². The lowest BCUT2D eigenvalue weighted by Gasteiger charge is -2.28. The summed E-state index contributed by atoms with van der Waals surface area (Å²) in [6.07, 6.45) is 5.80. The molecular formula is C17H26N4O2. The van der Waals surface area contributed by atoms with Gasteiger partial charge in [0.2, 0.25) is 5.91 Å². The first kappa shape index (κ1) is 16.3. The predicted octanol–water partition coefficient (Wildman–Crippen LogP) is 1.33. The fraction of sp³-hybridized carbons (Fsp3) is 0.706. The molecule has 1 amide bonds. The van der Waals surface area contributed by atoms with E-state index in [0.29, 0.717) is 13.2 Å². The van der Waals surface area contributed by atoms with Gasteiger partial charge in [0, 0.05) is 24.6 Å². The van der Waals surface area contributed by atoms with Crippen molar-refractivity contribution in [3.05, 3.63) is 23.8 Å². The first-order chi connectivity index (χ1) is 11.2. The molecule has 3 rings (SSSR count). The number of nitrogens with zero attached hydrogens (tertiary/aromatic N) is 3. The minimum absolute atomic E-state index is 0.138. The van der Waals surface area contributed by atoms with Gasteiger partial charge in [0.25, 0.3) is 0 Å². The molecule has 1 aromatic rings. The molecule has 1 unspecified atom stereocenters. The highest BCUT2D eigenvalue weighted by molar-refractivity contribution is 5.78. The van der Waals surface area contributed by atoms with E-state index in [1.165, 1.54) is 0 Å². The smallest absolute Gasteiger partial charge is 0.223 e. The van der Waals surface area contributed by atoms with Crippen molar-refractivity contribution in [2.24, 2.45) is 5.92 Å². The fourth-order valence-electron chi connectivity index (χ4n) is 3.25. The molecule has 1 atom stereocenters. The van der Waals surface area contributed by atoms with Crippen LogP contribution in [0.1, 0.15) is 43.1 Å². The molecule has 3 heterocycles. The van der Waals surface area contributed by atoms with Crippen LogP contribution < -0.4 is 5.32 Å². The lowest BCUT2D eigenvalue weighted by atomic mass is 9.96. The summed E-state index contributed by atoms with van der Waals surface area (Å²) in [5.41, 5.74) is 0.877. The largest absolute Gasteiger partial charge is 0.381 e. The molecule has 1 N–H and O–H groups in total. The van der Waals surface area contributed by atoms with Crippen LogP contribution in [0.3, 0.4) is 0 Å². The van der Waals surface area contributed by atoms with Crippen molar-refractivity contribution in [2.45, 2.75) is 38.1 Å². The number of ether oxygens (including phenoxy) is 1.